The molecule has 202 valence electrons. The van der Waals surface area contributed by atoms with Gasteiger partial charge < -0.3 is 15.5 Å². The molecule has 2 aromatic carbocycles. The van der Waals surface area contributed by atoms with Gasteiger partial charge in [-0.15, -0.1) is 15.3 Å². The Bertz CT molecular complexity index is 1430. The predicted molar refractivity (Wildman–Crippen MR) is 148 cm³/mol. The SMILES string of the molecule is Cc1cccc(C(O)C(=O)Nc2ccc(CCCCc3nnc(NC(=O)C(O)c4cccc(C)c4)s3)nn2)c1. The van der Waals surface area contributed by atoms with Crippen molar-refractivity contribution in [2.75, 3.05) is 10.6 Å². The van der Waals surface area contributed by atoms with Gasteiger partial charge in [0.25, 0.3) is 11.8 Å². The summed E-state index contributed by atoms with van der Waals surface area (Å²) in [4.78, 5) is 24.7. The monoisotopic (exact) mass is 546 g/mol. The molecule has 4 rings (SSSR count). The largest absolute Gasteiger partial charge is 0.378 e. The molecule has 4 N–H and O–H groups in total. The van der Waals surface area contributed by atoms with Crippen LogP contribution in [0.5, 0.6) is 0 Å². The van der Waals surface area contributed by atoms with Crippen LogP contribution in [-0.2, 0) is 22.4 Å². The van der Waals surface area contributed by atoms with Crippen molar-refractivity contribution in [2.24, 2.45) is 0 Å². The number of aryl methyl sites for hydroxylation is 4. The molecule has 2 unspecified atom stereocenters. The van der Waals surface area contributed by atoms with E-state index in [9.17, 15) is 19.8 Å². The Hall–Kier alpha value is -4.06. The van der Waals surface area contributed by atoms with Crippen molar-refractivity contribution in [1.29, 1.82) is 0 Å². The van der Waals surface area contributed by atoms with Crippen molar-refractivity contribution in [2.45, 2.75) is 51.7 Å². The Morgan fingerprint density at radius 2 is 1.38 bits per heavy atom. The van der Waals surface area contributed by atoms with Crippen molar-refractivity contribution < 1.29 is 19.8 Å². The van der Waals surface area contributed by atoms with Crippen LogP contribution in [0.2, 0.25) is 0 Å². The number of carbonyl (C=O) groups is 2. The molecule has 0 aliphatic carbocycles. The molecule has 2 amide bonds. The smallest absolute Gasteiger partial charge is 0.259 e. The highest BCUT2D eigenvalue weighted by Crippen LogP contribution is 2.21. The lowest BCUT2D eigenvalue weighted by Crippen LogP contribution is -2.21. The lowest BCUT2D eigenvalue weighted by Gasteiger charge is -2.11. The van der Waals surface area contributed by atoms with Crippen LogP contribution in [0.4, 0.5) is 10.9 Å². The number of benzene rings is 2. The fourth-order valence-corrected chi connectivity index (χ4v) is 4.68. The van der Waals surface area contributed by atoms with Gasteiger partial charge >= 0.3 is 0 Å². The Morgan fingerprint density at radius 3 is 1.97 bits per heavy atom. The van der Waals surface area contributed by atoms with Crippen LogP contribution in [0.3, 0.4) is 0 Å². The van der Waals surface area contributed by atoms with Crippen LogP contribution >= 0.6 is 11.3 Å². The summed E-state index contributed by atoms with van der Waals surface area (Å²) in [5.41, 5.74) is 3.73. The molecule has 11 heteroatoms. The summed E-state index contributed by atoms with van der Waals surface area (Å²) in [7, 11) is 0. The average Bonchev–Trinajstić information content (AvgIpc) is 3.38. The fraction of sp³-hybridized carbons (Fsp3) is 0.286. The topological polar surface area (TPSA) is 150 Å². The second-order valence-electron chi connectivity index (χ2n) is 9.23. The van der Waals surface area contributed by atoms with E-state index in [0.717, 1.165) is 34.7 Å². The van der Waals surface area contributed by atoms with Crippen LogP contribution in [0.25, 0.3) is 0 Å². The normalized spacial score (nSPS) is 12.5. The van der Waals surface area contributed by atoms with Crippen molar-refractivity contribution in [1.82, 2.24) is 20.4 Å². The minimum Gasteiger partial charge on any atom is -0.378 e. The molecule has 2 aromatic heterocycles. The zero-order chi connectivity index (χ0) is 27.8. The fourth-order valence-electron chi connectivity index (χ4n) is 3.90. The Balaban J connectivity index is 1.19. The first kappa shape index (κ1) is 28.0. The van der Waals surface area contributed by atoms with Gasteiger partial charge in [0.1, 0.15) is 5.01 Å². The molecule has 39 heavy (non-hydrogen) atoms. The quantitative estimate of drug-likeness (QED) is 0.207. The van der Waals surface area contributed by atoms with Gasteiger partial charge in [0.2, 0.25) is 5.13 Å². The summed E-state index contributed by atoms with van der Waals surface area (Å²) in [5, 5.41) is 43.3. The number of nitrogens with one attached hydrogen (secondary N) is 2. The molecule has 0 bridgehead atoms. The van der Waals surface area contributed by atoms with Crippen LogP contribution < -0.4 is 10.6 Å². The minimum atomic E-state index is -1.29. The molecular formula is C28H30N6O4S. The number of amides is 2. The predicted octanol–water partition coefficient (Wildman–Crippen LogP) is 3.85. The molecule has 4 aromatic rings. The molecule has 0 aliphatic heterocycles. The minimum absolute atomic E-state index is 0.270. The van der Waals surface area contributed by atoms with E-state index in [1.165, 1.54) is 11.3 Å². The molecule has 0 saturated carbocycles. The summed E-state index contributed by atoms with van der Waals surface area (Å²) >= 11 is 1.28. The van der Waals surface area contributed by atoms with E-state index in [1.807, 2.05) is 26.0 Å². The highest BCUT2D eigenvalue weighted by Gasteiger charge is 2.20. The molecule has 10 nitrogen and oxygen atoms in total. The summed E-state index contributed by atoms with van der Waals surface area (Å²) in [5.74, 6) is -0.850. The van der Waals surface area contributed by atoms with Gasteiger partial charge in [0.05, 0.1) is 5.69 Å². The van der Waals surface area contributed by atoms with Crippen molar-refractivity contribution in [3.05, 3.63) is 93.6 Å². The van der Waals surface area contributed by atoms with Gasteiger partial charge in [-0.25, -0.2) is 0 Å². The molecular weight excluding hydrogens is 516 g/mol. The van der Waals surface area contributed by atoms with Gasteiger partial charge in [-0.1, -0.05) is 71.0 Å². The second-order valence-corrected chi connectivity index (χ2v) is 10.3. The van der Waals surface area contributed by atoms with E-state index in [2.05, 4.69) is 31.0 Å². The van der Waals surface area contributed by atoms with Crippen LogP contribution in [0.1, 0.15) is 58.0 Å². The van der Waals surface area contributed by atoms with E-state index in [4.69, 9.17) is 0 Å². The maximum atomic E-state index is 12.4. The number of rotatable bonds is 11. The van der Waals surface area contributed by atoms with Crippen molar-refractivity contribution in [3.8, 4) is 0 Å². The standard InChI is InChI=1S/C28H30N6O4S/c1-17-7-5-9-19(15-17)24(35)26(37)29-22-14-13-21(31-32-22)11-3-4-12-23-33-34-28(39-23)30-27(38)25(36)20-10-6-8-18(2)16-20/h5-10,13-16,24-25,35-36H,3-4,11-12H2,1-2H3,(H,29,32,37)(H,30,34,38). The van der Waals surface area contributed by atoms with Gasteiger partial charge in [0, 0.05) is 6.42 Å². The Morgan fingerprint density at radius 1 is 0.769 bits per heavy atom. The number of nitrogens with zero attached hydrogens (tertiary/aromatic N) is 4. The number of hydrogen-bond acceptors (Lipinski definition) is 9. The summed E-state index contributed by atoms with van der Waals surface area (Å²) < 4.78 is 0. The third-order valence-corrected chi connectivity index (χ3v) is 6.85. The lowest BCUT2D eigenvalue weighted by molar-refractivity contribution is -0.124. The molecule has 0 spiro atoms. The Kier molecular flexibility index (Phi) is 9.42. The van der Waals surface area contributed by atoms with E-state index in [-0.39, 0.29) is 5.82 Å². The van der Waals surface area contributed by atoms with Crippen LogP contribution in [0.15, 0.2) is 60.7 Å². The molecule has 0 saturated heterocycles. The van der Waals surface area contributed by atoms with Crippen molar-refractivity contribution in [3.63, 3.8) is 0 Å². The first-order chi connectivity index (χ1) is 18.8. The van der Waals surface area contributed by atoms with E-state index in [0.29, 0.717) is 29.1 Å². The first-order valence-electron chi connectivity index (χ1n) is 12.5. The molecule has 0 radical (unpaired) electrons. The summed E-state index contributed by atoms with van der Waals surface area (Å²) in [6, 6.07) is 17.7. The summed E-state index contributed by atoms with van der Waals surface area (Å²) in [6.07, 6.45) is 0.469. The lowest BCUT2D eigenvalue weighted by atomic mass is 10.1. The molecule has 2 heterocycles. The van der Waals surface area contributed by atoms with E-state index < -0.39 is 24.0 Å². The van der Waals surface area contributed by atoms with Crippen molar-refractivity contribution >= 4 is 34.1 Å². The van der Waals surface area contributed by atoms with Gasteiger partial charge in [-0.05, 0) is 56.4 Å². The third-order valence-electron chi connectivity index (χ3n) is 5.95. The van der Waals surface area contributed by atoms with Crippen LogP contribution in [-0.4, -0.2) is 42.4 Å². The zero-order valence-corrected chi connectivity index (χ0v) is 22.5. The zero-order valence-electron chi connectivity index (χ0n) is 21.7. The number of anilines is 2. The van der Waals surface area contributed by atoms with Gasteiger partial charge in [-0.3, -0.25) is 14.9 Å². The number of aliphatic hydroxyl groups is 2. The number of aliphatic hydroxyl groups excluding tert-OH is 2. The highest BCUT2D eigenvalue weighted by atomic mass is 32.1. The first-order valence-corrected chi connectivity index (χ1v) is 13.4. The van der Waals surface area contributed by atoms with Crippen LogP contribution in [0, 0.1) is 13.8 Å². The van der Waals surface area contributed by atoms with Gasteiger partial charge in [-0.2, -0.15) is 5.10 Å². The number of unbranched alkanes of at least 4 members (excludes halogenated alkanes) is 1. The maximum absolute atomic E-state index is 12.4. The number of carbonyl (C=O) groups excluding carboxylic acids is 2. The highest BCUT2D eigenvalue weighted by molar-refractivity contribution is 7.15. The summed E-state index contributed by atoms with van der Waals surface area (Å²) in [6.45, 7) is 3.79. The Labute approximate surface area is 230 Å². The molecule has 2 atom stereocenters. The van der Waals surface area contributed by atoms with E-state index in [1.54, 1.807) is 48.5 Å². The van der Waals surface area contributed by atoms with Gasteiger partial charge in [0.15, 0.2) is 18.0 Å². The maximum Gasteiger partial charge on any atom is 0.259 e. The third kappa shape index (κ3) is 7.96. The molecule has 0 aliphatic rings. The molecule has 0 fully saturated rings. The average molecular weight is 547 g/mol. The number of aromatic nitrogens is 4. The number of hydrogen-bond donors (Lipinski definition) is 4. The second kappa shape index (κ2) is 13.1. The van der Waals surface area contributed by atoms with E-state index >= 15 is 0 Å².